The Morgan fingerprint density at radius 1 is 1.27 bits per heavy atom. The Labute approximate surface area is 91.3 Å². The molecule has 0 saturated carbocycles. The van der Waals surface area contributed by atoms with Crippen LogP contribution in [0.1, 0.15) is 0 Å². The standard InChI is InChI=1S/C7H4I2N2/c8-5-2-1-3-11-7(5)6(9)4-10-11/h1-4H. The fraction of sp³-hybridized carbons (Fsp3) is 0. The van der Waals surface area contributed by atoms with Crippen LogP contribution in [-0.4, -0.2) is 9.61 Å². The predicted molar refractivity (Wildman–Crippen MR) is 60.6 cm³/mol. The molecular formula is C7H4I2N2. The second-order valence-electron chi connectivity index (χ2n) is 2.14. The van der Waals surface area contributed by atoms with Crippen LogP contribution in [0.2, 0.25) is 0 Å². The molecule has 11 heavy (non-hydrogen) atoms. The molecule has 0 atom stereocenters. The third-order valence-electron chi connectivity index (χ3n) is 1.45. The van der Waals surface area contributed by atoms with Gasteiger partial charge in [0.25, 0.3) is 0 Å². The van der Waals surface area contributed by atoms with Gasteiger partial charge in [0, 0.05) is 9.77 Å². The summed E-state index contributed by atoms with van der Waals surface area (Å²) in [7, 11) is 0. The normalized spacial score (nSPS) is 10.7. The van der Waals surface area contributed by atoms with E-state index < -0.39 is 0 Å². The third kappa shape index (κ3) is 1.26. The number of nitrogens with zero attached hydrogens (tertiary/aromatic N) is 2. The van der Waals surface area contributed by atoms with E-state index in [9.17, 15) is 0 Å². The van der Waals surface area contributed by atoms with Crippen molar-refractivity contribution in [3.63, 3.8) is 0 Å². The number of fused-ring (bicyclic) bond motifs is 1. The van der Waals surface area contributed by atoms with E-state index in [1.54, 1.807) is 0 Å². The molecule has 0 aliphatic heterocycles. The first-order valence-electron chi connectivity index (χ1n) is 3.06. The van der Waals surface area contributed by atoms with Crippen LogP contribution in [0.25, 0.3) is 5.52 Å². The zero-order valence-corrected chi connectivity index (χ0v) is 9.77. The maximum Gasteiger partial charge on any atom is 0.0928 e. The van der Waals surface area contributed by atoms with Gasteiger partial charge in [0.05, 0.1) is 15.3 Å². The molecule has 0 unspecified atom stereocenters. The average molecular weight is 370 g/mol. The van der Waals surface area contributed by atoms with Crippen molar-refractivity contribution in [1.29, 1.82) is 0 Å². The molecular weight excluding hydrogens is 366 g/mol. The fourth-order valence-electron chi connectivity index (χ4n) is 0.966. The highest BCUT2D eigenvalue weighted by molar-refractivity contribution is 14.1. The first-order valence-corrected chi connectivity index (χ1v) is 5.22. The van der Waals surface area contributed by atoms with Gasteiger partial charge in [-0.2, -0.15) is 5.10 Å². The monoisotopic (exact) mass is 370 g/mol. The summed E-state index contributed by atoms with van der Waals surface area (Å²) in [5, 5.41) is 4.18. The molecule has 0 aliphatic rings. The molecule has 0 amide bonds. The van der Waals surface area contributed by atoms with Crippen LogP contribution >= 0.6 is 45.2 Å². The lowest BCUT2D eigenvalue weighted by Gasteiger charge is -1.94. The van der Waals surface area contributed by atoms with E-state index in [1.165, 1.54) is 12.7 Å². The molecule has 0 aromatic carbocycles. The number of hydrogen-bond acceptors (Lipinski definition) is 1. The number of pyridine rings is 1. The second kappa shape index (κ2) is 2.89. The molecule has 0 bridgehead atoms. The smallest absolute Gasteiger partial charge is 0.0928 e. The second-order valence-corrected chi connectivity index (χ2v) is 4.47. The molecule has 2 heterocycles. The first-order chi connectivity index (χ1) is 5.29. The van der Waals surface area contributed by atoms with E-state index in [0.29, 0.717) is 0 Å². The highest BCUT2D eigenvalue weighted by Gasteiger charge is 2.02. The number of rotatable bonds is 0. The Kier molecular flexibility index (Phi) is 2.04. The largest absolute Gasteiger partial charge is 0.239 e. The van der Waals surface area contributed by atoms with E-state index >= 15 is 0 Å². The summed E-state index contributed by atoms with van der Waals surface area (Å²) in [6.45, 7) is 0. The van der Waals surface area contributed by atoms with Crippen LogP contribution in [0.5, 0.6) is 0 Å². The Morgan fingerprint density at radius 2 is 2.09 bits per heavy atom. The zero-order chi connectivity index (χ0) is 7.84. The van der Waals surface area contributed by atoms with Gasteiger partial charge in [-0.05, 0) is 57.3 Å². The highest BCUT2D eigenvalue weighted by Crippen LogP contribution is 2.18. The molecule has 0 fully saturated rings. The summed E-state index contributed by atoms with van der Waals surface area (Å²) >= 11 is 4.61. The lowest BCUT2D eigenvalue weighted by atomic mass is 10.4. The number of aromatic nitrogens is 2. The Morgan fingerprint density at radius 3 is 2.82 bits per heavy atom. The molecule has 2 rings (SSSR count). The quantitative estimate of drug-likeness (QED) is 0.652. The summed E-state index contributed by atoms with van der Waals surface area (Å²) in [5.74, 6) is 0. The van der Waals surface area contributed by atoms with Gasteiger partial charge < -0.3 is 0 Å². The molecule has 4 heteroatoms. The number of halogens is 2. The van der Waals surface area contributed by atoms with Gasteiger partial charge in [0.1, 0.15) is 0 Å². The molecule has 56 valence electrons. The van der Waals surface area contributed by atoms with E-state index in [2.05, 4.69) is 56.3 Å². The molecule has 2 aromatic rings. The van der Waals surface area contributed by atoms with Gasteiger partial charge >= 0.3 is 0 Å². The molecule has 2 nitrogen and oxygen atoms in total. The van der Waals surface area contributed by atoms with Gasteiger partial charge in [-0.1, -0.05) is 0 Å². The molecule has 0 N–H and O–H groups in total. The lowest BCUT2D eigenvalue weighted by molar-refractivity contribution is 0.958. The Bertz CT molecular complexity index is 394. The van der Waals surface area contributed by atoms with Gasteiger partial charge in [-0.25, -0.2) is 4.52 Å². The summed E-state index contributed by atoms with van der Waals surface area (Å²) in [6, 6.07) is 4.08. The van der Waals surface area contributed by atoms with Crippen molar-refractivity contribution in [2.24, 2.45) is 0 Å². The summed E-state index contributed by atoms with van der Waals surface area (Å²) in [5.41, 5.74) is 1.20. The van der Waals surface area contributed by atoms with Crippen LogP contribution < -0.4 is 0 Å². The van der Waals surface area contributed by atoms with Gasteiger partial charge in [-0.3, -0.25) is 0 Å². The maximum atomic E-state index is 4.18. The van der Waals surface area contributed by atoms with Crippen LogP contribution in [0.15, 0.2) is 24.5 Å². The minimum atomic E-state index is 1.20. The van der Waals surface area contributed by atoms with Gasteiger partial charge in [0.15, 0.2) is 0 Å². The lowest BCUT2D eigenvalue weighted by Crippen LogP contribution is -1.87. The third-order valence-corrected chi connectivity index (χ3v) is 3.11. The van der Waals surface area contributed by atoms with Crippen molar-refractivity contribution in [3.05, 3.63) is 31.7 Å². The van der Waals surface area contributed by atoms with Crippen molar-refractivity contribution in [1.82, 2.24) is 9.61 Å². The van der Waals surface area contributed by atoms with Crippen molar-refractivity contribution in [2.45, 2.75) is 0 Å². The van der Waals surface area contributed by atoms with Gasteiger partial charge in [0.2, 0.25) is 0 Å². The van der Waals surface area contributed by atoms with Crippen molar-refractivity contribution in [2.75, 3.05) is 0 Å². The topological polar surface area (TPSA) is 17.3 Å². The Balaban J connectivity index is 2.96. The minimum absolute atomic E-state index is 1.20. The van der Waals surface area contributed by atoms with Crippen LogP contribution in [-0.2, 0) is 0 Å². The summed E-state index contributed by atoms with van der Waals surface area (Å²) in [4.78, 5) is 0. The fourth-order valence-corrected chi connectivity index (χ4v) is 2.89. The Hall–Kier alpha value is 0.150. The van der Waals surface area contributed by atoms with Crippen molar-refractivity contribution >= 4 is 50.7 Å². The van der Waals surface area contributed by atoms with Crippen LogP contribution in [0.3, 0.4) is 0 Å². The number of hydrogen-bond donors (Lipinski definition) is 0. The van der Waals surface area contributed by atoms with E-state index in [4.69, 9.17) is 0 Å². The molecule has 0 saturated heterocycles. The van der Waals surface area contributed by atoms with Crippen LogP contribution in [0.4, 0.5) is 0 Å². The maximum absolute atomic E-state index is 4.18. The highest BCUT2D eigenvalue weighted by atomic mass is 127. The molecule has 2 aromatic heterocycles. The van der Waals surface area contributed by atoms with Gasteiger partial charge in [-0.15, -0.1) is 0 Å². The summed E-state index contributed by atoms with van der Waals surface area (Å²) in [6.07, 6.45) is 3.83. The average Bonchev–Trinajstić information content (AvgIpc) is 2.34. The molecule has 0 radical (unpaired) electrons. The summed E-state index contributed by atoms with van der Waals surface area (Å²) < 4.78 is 4.34. The first kappa shape index (κ1) is 7.78. The minimum Gasteiger partial charge on any atom is -0.239 e. The van der Waals surface area contributed by atoms with Crippen molar-refractivity contribution in [3.8, 4) is 0 Å². The predicted octanol–water partition coefficient (Wildman–Crippen LogP) is 2.54. The SMILES string of the molecule is Ic1cccn2ncc(I)c12. The van der Waals surface area contributed by atoms with E-state index in [-0.39, 0.29) is 0 Å². The van der Waals surface area contributed by atoms with Crippen molar-refractivity contribution < 1.29 is 0 Å². The molecule has 0 aliphatic carbocycles. The van der Waals surface area contributed by atoms with E-state index in [0.717, 1.165) is 0 Å². The molecule has 0 spiro atoms. The van der Waals surface area contributed by atoms with Crippen LogP contribution in [0, 0.1) is 7.14 Å². The van der Waals surface area contributed by atoms with E-state index in [1.807, 2.05) is 23.0 Å². The zero-order valence-electron chi connectivity index (χ0n) is 5.46.